The molecule has 3 aromatic rings. The Kier molecular flexibility index (Phi) is 11.5. The largest absolute Gasteiger partial charge is 0.366 e. The van der Waals surface area contributed by atoms with Gasteiger partial charge in [0.15, 0.2) is 11.0 Å². The summed E-state index contributed by atoms with van der Waals surface area (Å²) in [5.74, 6) is -0.00708. The molecule has 3 unspecified atom stereocenters. The third-order valence-electron chi connectivity index (χ3n) is 4.73. The van der Waals surface area contributed by atoms with Crippen molar-refractivity contribution >= 4 is 82.7 Å². The molecule has 0 aliphatic carbocycles. The van der Waals surface area contributed by atoms with Crippen molar-refractivity contribution in [1.29, 1.82) is 0 Å². The molecule has 12 heteroatoms. The normalized spacial score (nSPS) is 15.8. The van der Waals surface area contributed by atoms with Gasteiger partial charge in [-0.15, -0.1) is 22.7 Å². The number of nitrogens with zero attached hydrogens (tertiary/aromatic N) is 3. The van der Waals surface area contributed by atoms with Crippen molar-refractivity contribution in [1.82, 2.24) is 25.5 Å². The summed E-state index contributed by atoms with van der Waals surface area (Å²) in [6.07, 6.45) is 3.88. The molecule has 0 fully saturated rings. The average molecular weight is 772 g/mol. The van der Waals surface area contributed by atoms with E-state index in [-0.39, 0.29) is 65.2 Å². The quantitative estimate of drug-likeness (QED) is 0.275. The second-order valence-electron chi connectivity index (χ2n) is 7.22. The fraction of sp³-hybridized carbons (Fsp3) is 0.304. The molecule has 2 aromatic heterocycles. The molecule has 0 spiro atoms. The number of carbonyl (C=O) groups is 2. The van der Waals surface area contributed by atoms with Gasteiger partial charge in [0.05, 0.1) is 31.8 Å². The van der Waals surface area contributed by atoms with Gasteiger partial charge in [0.2, 0.25) is 0 Å². The summed E-state index contributed by atoms with van der Waals surface area (Å²) < 4.78 is 2.11. The molecule has 0 saturated carbocycles. The first-order chi connectivity index (χ1) is 16.2. The molecule has 2 N–H and O–H groups in total. The van der Waals surface area contributed by atoms with Gasteiger partial charge >= 0.3 is 0 Å². The maximum absolute atomic E-state index is 11.5. The molecular formula is C23H29N5O2P2S2U. The van der Waals surface area contributed by atoms with Crippen molar-refractivity contribution in [2.24, 2.45) is 0 Å². The van der Waals surface area contributed by atoms with Crippen molar-refractivity contribution in [3.63, 3.8) is 0 Å². The predicted octanol–water partition coefficient (Wildman–Crippen LogP) is 5.92. The van der Waals surface area contributed by atoms with Gasteiger partial charge in [0.1, 0.15) is 15.9 Å². The number of hydrogen-bond donors (Lipinski definition) is 2. The molecule has 0 saturated heterocycles. The van der Waals surface area contributed by atoms with E-state index in [4.69, 9.17) is 9.97 Å². The van der Waals surface area contributed by atoms with Crippen molar-refractivity contribution < 1.29 is 40.7 Å². The first-order valence-electron chi connectivity index (χ1n) is 10.8. The Hall–Kier alpha value is -1.13. The topological polar surface area (TPSA) is 87.2 Å². The number of allylic oxidation sites excluding steroid dienone is 1. The fourth-order valence-electron chi connectivity index (χ4n) is 3.28. The summed E-state index contributed by atoms with van der Waals surface area (Å²) in [5, 5.41) is 8.28. The monoisotopic (exact) mass is 771 g/mol. The molecule has 4 rings (SSSR count). The van der Waals surface area contributed by atoms with Gasteiger partial charge < -0.3 is 15.5 Å². The predicted molar refractivity (Wildman–Crippen MR) is 151 cm³/mol. The number of fused-ring (bicyclic) bond motifs is 2. The smallest absolute Gasteiger partial charge is 0.154 e. The minimum Gasteiger partial charge on any atom is -0.366 e. The van der Waals surface area contributed by atoms with Crippen LogP contribution in [0.25, 0.3) is 31.8 Å². The zero-order chi connectivity index (χ0) is 25.0. The van der Waals surface area contributed by atoms with Crippen molar-refractivity contribution in [3.8, 4) is 0 Å². The summed E-state index contributed by atoms with van der Waals surface area (Å²) in [5.41, 5.74) is 4.64. The Morgan fingerprint density at radius 2 is 1.77 bits per heavy atom. The van der Waals surface area contributed by atoms with E-state index in [0.717, 1.165) is 41.8 Å². The van der Waals surface area contributed by atoms with Crippen LogP contribution < -0.4 is 10.6 Å². The standard InChI is InChI=1S/C21H23N5O2P2S2.C2H6.U/c1-6-13(23-10(2)29-11(3)27)19-24-14-7-18-15(8-17(14)31-19)25-20(32-18)16-9-22-21(26(16)5)30-12(4)28;1-2;/h6-9,21-23,29-30H,2H2,1,3-5H3;1-2H3;/b13-6-;;. The molecule has 0 radical (unpaired) electrons. The van der Waals surface area contributed by atoms with Crippen LogP contribution in [0, 0.1) is 31.1 Å². The van der Waals surface area contributed by atoms with Gasteiger partial charge in [0.25, 0.3) is 0 Å². The third kappa shape index (κ3) is 7.22. The zero-order valence-corrected chi connectivity index (χ0v) is 28.4. The van der Waals surface area contributed by atoms with Crippen LogP contribution in [-0.2, 0) is 9.59 Å². The number of aromatic nitrogens is 2. The van der Waals surface area contributed by atoms with Crippen molar-refractivity contribution in [3.05, 3.63) is 46.4 Å². The maximum atomic E-state index is 11.5. The molecule has 1 aliphatic rings. The molecule has 184 valence electrons. The number of rotatable bonds is 8. The summed E-state index contributed by atoms with van der Waals surface area (Å²) >= 11 is 3.20. The molecule has 7 nitrogen and oxygen atoms in total. The van der Waals surface area contributed by atoms with Crippen molar-refractivity contribution in [2.45, 2.75) is 40.5 Å². The number of nitrogens with one attached hydrogen (secondary N) is 2. The van der Waals surface area contributed by atoms with Gasteiger partial charge in [-0.25, -0.2) is 9.97 Å². The van der Waals surface area contributed by atoms with Crippen LogP contribution in [-0.4, -0.2) is 38.9 Å². The van der Waals surface area contributed by atoms with E-state index in [1.165, 1.54) is 0 Å². The molecule has 1 aliphatic heterocycles. The summed E-state index contributed by atoms with van der Waals surface area (Å²) in [6.45, 7) is 13.1. The summed E-state index contributed by atoms with van der Waals surface area (Å²) in [6, 6.07) is 4.14. The number of thiazole rings is 2. The van der Waals surface area contributed by atoms with E-state index in [0.29, 0.717) is 5.44 Å². The Labute approximate surface area is 241 Å². The van der Waals surface area contributed by atoms with E-state index in [9.17, 15) is 9.59 Å². The Bertz CT molecular complexity index is 1270. The van der Waals surface area contributed by atoms with Crippen LogP contribution in [0.15, 0.2) is 36.4 Å². The van der Waals surface area contributed by atoms with Gasteiger partial charge in [-0.2, -0.15) is 0 Å². The van der Waals surface area contributed by atoms with Gasteiger partial charge in [-0.3, -0.25) is 9.59 Å². The van der Waals surface area contributed by atoms with Gasteiger partial charge in [-0.1, -0.05) is 26.5 Å². The van der Waals surface area contributed by atoms with E-state index >= 15 is 0 Å². The van der Waals surface area contributed by atoms with Crippen LogP contribution in [0.3, 0.4) is 0 Å². The fourth-order valence-corrected chi connectivity index (χ4v) is 6.84. The van der Waals surface area contributed by atoms with Crippen LogP contribution >= 0.6 is 39.8 Å². The number of benzene rings is 1. The summed E-state index contributed by atoms with van der Waals surface area (Å²) in [4.78, 5) is 34.6. The molecular weight excluding hydrogens is 742 g/mol. The first-order valence-corrected chi connectivity index (χ1v) is 14.5. The molecule has 0 amide bonds. The minimum absolute atomic E-state index is 0. The molecule has 3 atom stereocenters. The maximum Gasteiger partial charge on any atom is 0.154 e. The van der Waals surface area contributed by atoms with Gasteiger partial charge in [-0.05, 0) is 50.1 Å². The molecule has 35 heavy (non-hydrogen) atoms. The van der Waals surface area contributed by atoms with Gasteiger partial charge in [0, 0.05) is 49.8 Å². The third-order valence-corrected chi connectivity index (χ3v) is 8.84. The van der Waals surface area contributed by atoms with E-state index in [1.807, 2.05) is 40.1 Å². The second-order valence-corrected chi connectivity index (χ2v) is 12.4. The molecule has 1 aromatic carbocycles. The van der Waals surface area contributed by atoms with Crippen LogP contribution in [0.1, 0.15) is 44.6 Å². The first kappa shape index (κ1) is 30.1. The second kappa shape index (κ2) is 13.4. The number of carbonyl (C=O) groups excluding carboxylic acids is 2. The minimum atomic E-state index is -0.00708. The molecule has 0 bridgehead atoms. The average Bonchev–Trinajstić information content (AvgIpc) is 3.47. The van der Waals surface area contributed by atoms with Crippen LogP contribution in [0.4, 0.5) is 0 Å². The van der Waals surface area contributed by atoms with Crippen LogP contribution in [0.5, 0.6) is 0 Å². The Balaban J connectivity index is 0.00000140. The van der Waals surface area contributed by atoms with E-state index in [1.54, 1.807) is 36.5 Å². The summed E-state index contributed by atoms with van der Waals surface area (Å²) in [7, 11) is 2.19. The van der Waals surface area contributed by atoms with Crippen molar-refractivity contribution in [2.75, 3.05) is 7.05 Å². The Morgan fingerprint density at radius 1 is 1.14 bits per heavy atom. The van der Waals surface area contributed by atoms with E-state index < -0.39 is 0 Å². The Morgan fingerprint density at radius 3 is 2.37 bits per heavy atom. The molecule has 3 heterocycles. The number of hydrogen-bond acceptors (Lipinski definition) is 9. The zero-order valence-electron chi connectivity index (χ0n) is 20.6. The van der Waals surface area contributed by atoms with Crippen LogP contribution in [0.2, 0.25) is 0 Å². The van der Waals surface area contributed by atoms with E-state index in [2.05, 4.69) is 34.2 Å². The SMILES string of the molecule is C=C(N/C(=C\C)c1nc2cc3sc(C4=CNC(PC(C)=O)N4C)nc3cc2s1)PC(C)=O.CC.[U].